The molecule has 2 aliphatic heterocycles. The molecule has 6 rings (SSSR count). The number of aromatic nitrogens is 2. The number of allylic oxidation sites excluding steroid dienone is 1. The summed E-state index contributed by atoms with van der Waals surface area (Å²) in [5.74, 6) is -1.49. The lowest BCUT2D eigenvalue weighted by molar-refractivity contribution is -0.130. The van der Waals surface area contributed by atoms with Gasteiger partial charge in [-0.05, 0) is 38.0 Å². The Labute approximate surface area is 257 Å². The molecular weight excluding hydrogens is 590 g/mol. The predicted octanol–water partition coefficient (Wildman–Crippen LogP) is 3.98. The topological polar surface area (TPSA) is 127 Å². The second-order valence-electron chi connectivity index (χ2n) is 11.6. The molecule has 1 N–H and O–H groups in total. The van der Waals surface area contributed by atoms with Crippen LogP contribution in [0, 0.1) is 5.92 Å². The Balaban J connectivity index is 1.58. The first-order valence-electron chi connectivity index (χ1n) is 14.2. The van der Waals surface area contributed by atoms with Crippen LogP contribution in [-0.2, 0) is 18.9 Å². The molecule has 12 heteroatoms. The fourth-order valence-corrected chi connectivity index (χ4v) is 6.80. The molecule has 0 fully saturated rings. The fraction of sp³-hybridized carbons (Fsp3) is 0.375. The van der Waals surface area contributed by atoms with Crippen molar-refractivity contribution in [1.82, 2.24) is 9.13 Å². The third-order valence-corrected chi connectivity index (χ3v) is 9.02. The number of Topliss-reactive ketones (excluding diaryl/α,β-unsaturated/α-hetero) is 2. The number of nitrogens with zero attached hydrogens (tertiary/aromatic N) is 2. The highest BCUT2D eigenvalue weighted by atomic mass is 35.5. The number of ether oxygens (including phenoxy) is 4. The van der Waals surface area contributed by atoms with E-state index in [1.54, 1.807) is 38.2 Å². The summed E-state index contributed by atoms with van der Waals surface area (Å²) in [6.07, 6.45) is 0.138. The van der Waals surface area contributed by atoms with E-state index < -0.39 is 40.3 Å². The minimum absolute atomic E-state index is 0.00586. The third kappa shape index (κ3) is 3.94. The van der Waals surface area contributed by atoms with Crippen LogP contribution in [0.15, 0.2) is 51.2 Å². The first kappa shape index (κ1) is 29.6. The van der Waals surface area contributed by atoms with Crippen molar-refractivity contribution in [2.45, 2.75) is 44.8 Å². The molecule has 0 unspecified atom stereocenters. The number of methoxy groups -OCH3 is 2. The normalized spacial score (nSPS) is 21.9. The summed E-state index contributed by atoms with van der Waals surface area (Å²) in [6.45, 7) is 5.57. The Morgan fingerprint density at radius 2 is 1.66 bits per heavy atom. The molecular formula is C32H32ClN3O8. The first-order chi connectivity index (χ1) is 20.9. The number of carbonyl (C=O) groups excluding carboxylic acids is 2. The van der Waals surface area contributed by atoms with Gasteiger partial charge in [0.1, 0.15) is 33.7 Å². The second-order valence-corrected chi connectivity index (χ2v) is 11.9. The van der Waals surface area contributed by atoms with E-state index in [1.165, 1.54) is 31.9 Å². The van der Waals surface area contributed by atoms with Crippen LogP contribution >= 0.6 is 11.6 Å². The van der Waals surface area contributed by atoms with Gasteiger partial charge in [0.15, 0.2) is 5.75 Å². The minimum atomic E-state index is -1.98. The Hall–Kier alpha value is -4.51. The highest BCUT2D eigenvalue weighted by molar-refractivity contribution is 6.36. The number of hydrogen-bond donors (Lipinski definition) is 1. The number of benzene rings is 2. The Morgan fingerprint density at radius 3 is 2.27 bits per heavy atom. The smallest absolute Gasteiger partial charge is 0.332 e. The van der Waals surface area contributed by atoms with Crippen LogP contribution in [0.2, 0.25) is 5.02 Å². The average molecular weight is 622 g/mol. The number of hydrogen-bond acceptors (Lipinski definition) is 9. The Kier molecular flexibility index (Phi) is 6.92. The van der Waals surface area contributed by atoms with Crippen LogP contribution in [0.25, 0.3) is 0 Å². The third-order valence-electron chi connectivity index (χ3n) is 8.66. The number of ketones is 2. The number of carbonyl (C=O) groups is 2. The maximum atomic E-state index is 14.9. The summed E-state index contributed by atoms with van der Waals surface area (Å²) < 4.78 is 25.4. The van der Waals surface area contributed by atoms with Gasteiger partial charge >= 0.3 is 5.69 Å². The highest BCUT2D eigenvalue weighted by Gasteiger charge is 2.63. The zero-order chi connectivity index (χ0) is 31.8. The Morgan fingerprint density at radius 1 is 1.00 bits per heavy atom. The van der Waals surface area contributed by atoms with E-state index in [2.05, 4.69) is 5.32 Å². The van der Waals surface area contributed by atoms with Crippen molar-refractivity contribution in [1.29, 1.82) is 0 Å². The maximum absolute atomic E-state index is 14.9. The highest BCUT2D eigenvalue weighted by Crippen LogP contribution is 2.56. The summed E-state index contributed by atoms with van der Waals surface area (Å²) in [6, 6.07) is 8.57. The van der Waals surface area contributed by atoms with Crippen LogP contribution in [0.5, 0.6) is 23.0 Å². The monoisotopic (exact) mass is 621 g/mol. The van der Waals surface area contributed by atoms with E-state index in [4.69, 9.17) is 30.5 Å². The molecule has 230 valence electrons. The van der Waals surface area contributed by atoms with E-state index >= 15 is 0 Å². The lowest BCUT2D eigenvalue weighted by Gasteiger charge is -2.42. The van der Waals surface area contributed by atoms with Gasteiger partial charge in [-0.15, -0.1) is 0 Å². The van der Waals surface area contributed by atoms with Crippen LogP contribution in [0.4, 0.5) is 5.82 Å². The van der Waals surface area contributed by atoms with E-state index in [1.807, 2.05) is 13.8 Å². The van der Waals surface area contributed by atoms with Crippen LogP contribution in [0.1, 0.15) is 54.6 Å². The summed E-state index contributed by atoms with van der Waals surface area (Å²) in [7, 11) is 5.78. The molecule has 44 heavy (non-hydrogen) atoms. The standard InChI is InChI=1S/C32H32ClN3O8/c1-14(2)43-17-10-8-16(9-11-17)21-22-18(34-29-24(21)30(39)36(5)31(40)35(29)4)12-15(3)32(27(22)37)28(38)23-19(41-6)13-20(42-7)25(33)26(23)44-32/h8-11,13-15,21,34H,12H2,1-7H3/t15-,21-,32+/m1/s1. The average Bonchev–Trinajstić information content (AvgIpc) is 3.32. The first-order valence-corrected chi connectivity index (χ1v) is 14.5. The van der Waals surface area contributed by atoms with Crippen molar-refractivity contribution in [2.75, 3.05) is 19.5 Å². The zero-order valence-corrected chi connectivity index (χ0v) is 26.1. The summed E-state index contributed by atoms with van der Waals surface area (Å²) in [5, 5.41) is 3.26. The van der Waals surface area contributed by atoms with Crippen LogP contribution < -0.4 is 35.5 Å². The van der Waals surface area contributed by atoms with Gasteiger partial charge < -0.3 is 24.3 Å². The van der Waals surface area contributed by atoms with Crippen LogP contribution in [0.3, 0.4) is 0 Å². The SMILES string of the molecule is COc1cc(OC)c2c(c1Cl)O[C@@]1(C(=O)C3=C(C[C@H]1C)Nc1c(c(=O)n(C)c(=O)n1C)[C@@H]3c1ccc(OC(C)C)cc1)C2=O. The quantitative estimate of drug-likeness (QED) is 0.421. The lowest BCUT2D eigenvalue weighted by atomic mass is 9.66. The molecule has 3 aliphatic rings. The van der Waals surface area contributed by atoms with E-state index in [0.717, 1.165) is 4.57 Å². The molecule has 1 aromatic heterocycles. The van der Waals surface area contributed by atoms with Gasteiger partial charge in [0.2, 0.25) is 17.2 Å². The molecule has 0 amide bonds. The molecule has 2 aromatic carbocycles. The fourth-order valence-electron chi connectivity index (χ4n) is 6.53. The molecule has 0 bridgehead atoms. The van der Waals surface area contributed by atoms with E-state index in [9.17, 15) is 19.2 Å². The molecule has 0 radical (unpaired) electrons. The van der Waals surface area contributed by atoms with Crippen molar-refractivity contribution in [3.05, 3.63) is 84.2 Å². The summed E-state index contributed by atoms with van der Waals surface area (Å²) in [4.78, 5) is 56.0. The van der Waals surface area contributed by atoms with Gasteiger partial charge in [0, 0.05) is 43.3 Å². The van der Waals surface area contributed by atoms with E-state index in [0.29, 0.717) is 17.0 Å². The predicted molar refractivity (Wildman–Crippen MR) is 163 cm³/mol. The number of fused-ring (bicyclic) bond motifs is 2. The maximum Gasteiger partial charge on any atom is 0.332 e. The minimum Gasteiger partial charge on any atom is -0.496 e. The zero-order valence-electron chi connectivity index (χ0n) is 25.4. The molecule has 0 saturated carbocycles. The van der Waals surface area contributed by atoms with Crippen LogP contribution in [-0.4, -0.2) is 46.6 Å². The number of nitrogens with one attached hydrogen (secondary N) is 1. The van der Waals surface area contributed by atoms with Gasteiger partial charge in [-0.3, -0.25) is 23.5 Å². The molecule has 1 aliphatic carbocycles. The Bertz CT molecular complexity index is 1910. The van der Waals surface area contributed by atoms with Crippen molar-refractivity contribution >= 4 is 29.0 Å². The largest absolute Gasteiger partial charge is 0.496 e. The van der Waals surface area contributed by atoms with Crippen molar-refractivity contribution in [3.63, 3.8) is 0 Å². The van der Waals surface area contributed by atoms with Gasteiger partial charge in [0.25, 0.3) is 5.56 Å². The van der Waals surface area contributed by atoms with Gasteiger partial charge in [-0.1, -0.05) is 30.7 Å². The molecule has 0 saturated heterocycles. The van der Waals surface area contributed by atoms with Crippen molar-refractivity contribution < 1.29 is 28.5 Å². The molecule has 3 atom stereocenters. The molecule has 1 spiro atoms. The van der Waals surface area contributed by atoms with Crippen molar-refractivity contribution in [3.8, 4) is 23.0 Å². The molecule has 3 heterocycles. The van der Waals surface area contributed by atoms with Gasteiger partial charge in [-0.2, -0.15) is 0 Å². The van der Waals surface area contributed by atoms with Gasteiger partial charge in [0.05, 0.1) is 25.9 Å². The number of rotatable bonds is 5. The molecule has 3 aromatic rings. The van der Waals surface area contributed by atoms with E-state index in [-0.39, 0.29) is 57.3 Å². The lowest BCUT2D eigenvalue weighted by Crippen LogP contribution is -2.58. The number of halogens is 1. The summed E-state index contributed by atoms with van der Waals surface area (Å²) >= 11 is 6.61. The summed E-state index contributed by atoms with van der Waals surface area (Å²) in [5.41, 5.74) is -1.50. The van der Waals surface area contributed by atoms with Crippen molar-refractivity contribution in [2.24, 2.45) is 20.0 Å². The van der Waals surface area contributed by atoms with Gasteiger partial charge in [-0.25, -0.2) is 4.79 Å². The molecule has 11 nitrogen and oxygen atoms in total. The second kappa shape index (κ2) is 10.3. The number of anilines is 1.